The Morgan fingerprint density at radius 2 is 1.78 bits per heavy atom. The summed E-state index contributed by atoms with van der Waals surface area (Å²) < 4.78 is 0. The molecule has 106 valence electrons. The molecule has 1 saturated heterocycles. The summed E-state index contributed by atoms with van der Waals surface area (Å²) in [6, 6.07) is 0.0548. The van der Waals surface area contributed by atoms with Crippen LogP contribution in [-0.2, 0) is 4.79 Å². The maximum absolute atomic E-state index is 12.4. The van der Waals surface area contributed by atoms with Crippen molar-refractivity contribution in [2.24, 2.45) is 5.41 Å². The van der Waals surface area contributed by atoms with E-state index in [0.29, 0.717) is 5.91 Å². The highest BCUT2D eigenvalue weighted by atomic mass is 16.2. The van der Waals surface area contributed by atoms with Crippen LogP contribution in [0.2, 0.25) is 0 Å². The van der Waals surface area contributed by atoms with Crippen LogP contribution in [0.25, 0.3) is 0 Å². The zero-order valence-corrected chi connectivity index (χ0v) is 12.8. The van der Waals surface area contributed by atoms with E-state index < -0.39 is 0 Å². The standard InChI is InChI=1S/C15H30N2O/c1-6-9-12-14(18)17(11-15(4,5)8-3)13(16-12)10-7-2/h12-13,16H,6-11H2,1-5H3. The number of amides is 1. The molecular weight excluding hydrogens is 224 g/mol. The summed E-state index contributed by atoms with van der Waals surface area (Å²) in [5.74, 6) is 0.317. The Hall–Kier alpha value is -0.570. The van der Waals surface area contributed by atoms with Gasteiger partial charge in [0.2, 0.25) is 5.91 Å². The Labute approximate surface area is 112 Å². The predicted molar refractivity (Wildman–Crippen MR) is 76.3 cm³/mol. The van der Waals surface area contributed by atoms with Gasteiger partial charge in [0.1, 0.15) is 0 Å². The van der Waals surface area contributed by atoms with Gasteiger partial charge in [-0.2, -0.15) is 0 Å². The second kappa shape index (κ2) is 6.55. The maximum atomic E-state index is 12.4. The van der Waals surface area contributed by atoms with Crippen molar-refractivity contribution < 1.29 is 4.79 Å². The van der Waals surface area contributed by atoms with Crippen LogP contribution in [0.5, 0.6) is 0 Å². The van der Waals surface area contributed by atoms with Gasteiger partial charge in [0.25, 0.3) is 0 Å². The van der Waals surface area contributed by atoms with Crippen LogP contribution in [0, 0.1) is 5.41 Å². The number of nitrogens with zero attached hydrogens (tertiary/aromatic N) is 1. The molecule has 18 heavy (non-hydrogen) atoms. The predicted octanol–water partition coefficient (Wildman–Crippen LogP) is 3.15. The molecule has 1 fully saturated rings. The molecule has 1 rings (SSSR count). The van der Waals surface area contributed by atoms with E-state index in [9.17, 15) is 4.79 Å². The van der Waals surface area contributed by atoms with Crippen molar-refractivity contribution >= 4 is 5.91 Å². The minimum absolute atomic E-state index is 0.0548. The average molecular weight is 254 g/mol. The molecule has 0 aromatic heterocycles. The third kappa shape index (κ3) is 3.71. The molecule has 0 aromatic rings. The van der Waals surface area contributed by atoms with Gasteiger partial charge in [0, 0.05) is 6.54 Å². The SMILES string of the molecule is CCCC1NC(CCC)N(CC(C)(C)CC)C1=O. The summed E-state index contributed by atoms with van der Waals surface area (Å²) in [6.07, 6.45) is 5.56. The van der Waals surface area contributed by atoms with Gasteiger partial charge >= 0.3 is 0 Å². The van der Waals surface area contributed by atoms with Crippen LogP contribution in [0.1, 0.15) is 66.7 Å². The van der Waals surface area contributed by atoms with Crippen molar-refractivity contribution in [3.63, 3.8) is 0 Å². The normalized spacial score (nSPS) is 24.9. The first-order valence-electron chi connectivity index (χ1n) is 7.51. The Morgan fingerprint density at radius 3 is 2.28 bits per heavy atom. The summed E-state index contributed by atoms with van der Waals surface area (Å²) in [5.41, 5.74) is 0.213. The fraction of sp³-hybridized carbons (Fsp3) is 0.933. The van der Waals surface area contributed by atoms with Crippen LogP contribution in [-0.4, -0.2) is 29.6 Å². The third-order valence-corrected chi connectivity index (χ3v) is 4.05. The molecule has 0 bridgehead atoms. The van der Waals surface area contributed by atoms with Crippen LogP contribution in [0.3, 0.4) is 0 Å². The minimum Gasteiger partial charge on any atom is -0.325 e. The quantitative estimate of drug-likeness (QED) is 0.757. The lowest BCUT2D eigenvalue weighted by atomic mass is 9.89. The summed E-state index contributed by atoms with van der Waals surface area (Å²) >= 11 is 0. The van der Waals surface area contributed by atoms with Crippen LogP contribution < -0.4 is 5.32 Å². The van der Waals surface area contributed by atoms with E-state index in [0.717, 1.165) is 38.6 Å². The molecule has 1 N–H and O–H groups in total. The number of hydrogen-bond acceptors (Lipinski definition) is 2. The van der Waals surface area contributed by atoms with E-state index in [1.165, 1.54) is 0 Å². The molecule has 0 spiro atoms. The van der Waals surface area contributed by atoms with Crippen molar-refractivity contribution in [3.8, 4) is 0 Å². The lowest BCUT2D eigenvalue weighted by Crippen LogP contribution is -2.42. The highest BCUT2D eigenvalue weighted by Gasteiger charge is 2.39. The Kier molecular flexibility index (Phi) is 5.64. The van der Waals surface area contributed by atoms with Crippen LogP contribution in [0.4, 0.5) is 0 Å². The topological polar surface area (TPSA) is 32.3 Å². The van der Waals surface area contributed by atoms with E-state index in [1.807, 2.05) is 0 Å². The molecule has 1 aliphatic heterocycles. The van der Waals surface area contributed by atoms with Gasteiger partial charge < -0.3 is 4.90 Å². The summed E-state index contributed by atoms with van der Waals surface area (Å²) in [6.45, 7) is 11.9. The Balaban J connectivity index is 2.74. The minimum atomic E-state index is 0.0548. The fourth-order valence-corrected chi connectivity index (χ4v) is 2.52. The van der Waals surface area contributed by atoms with Crippen molar-refractivity contribution in [1.29, 1.82) is 0 Å². The van der Waals surface area contributed by atoms with Crippen molar-refractivity contribution in [2.45, 2.75) is 78.9 Å². The monoisotopic (exact) mass is 254 g/mol. The van der Waals surface area contributed by atoms with Crippen molar-refractivity contribution in [1.82, 2.24) is 10.2 Å². The first kappa shape index (κ1) is 15.5. The number of nitrogens with one attached hydrogen (secondary N) is 1. The zero-order chi connectivity index (χ0) is 13.8. The van der Waals surface area contributed by atoms with E-state index >= 15 is 0 Å². The summed E-state index contributed by atoms with van der Waals surface area (Å²) in [5, 5.41) is 3.52. The van der Waals surface area contributed by atoms with E-state index in [-0.39, 0.29) is 17.6 Å². The second-order valence-electron chi connectivity index (χ2n) is 6.30. The second-order valence-corrected chi connectivity index (χ2v) is 6.30. The molecule has 1 heterocycles. The molecule has 0 saturated carbocycles. The molecule has 2 unspecified atom stereocenters. The Bertz CT molecular complexity index is 276. The Morgan fingerprint density at radius 1 is 1.17 bits per heavy atom. The molecule has 3 heteroatoms. The molecule has 0 aromatic carbocycles. The third-order valence-electron chi connectivity index (χ3n) is 4.05. The lowest BCUT2D eigenvalue weighted by Gasteiger charge is -2.32. The fourth-order valence-electron chi connectivity index (χ4n) is 2.52. The molecule has 1 aliphatic rings. The van der Waals surface area contributed by atoms with Crippen LogP contribution in [0.15, 0.2) is 0 Å². The lowest BCUT2D eigenvalue weighted by molar-refractivity contribution is -0.131. The van der Waals surface area contributed by atoms with Gasteiger partial charge in [0.05, 0.1) is 12.2 Å². The number of carbonyl (C=O) groups is 1. The highest BCUT2D eigenvalue weighted by molar-refractivity contribution is 5.84. The van der Waals surface area contributed by atoms with Crippen LogP contribution >= 0.6 is 0 Å². The average Bonchev–Trinajstić information content (AvgIpc) is 2.59. The van der Waals surface area contributed by atoms with Crippen molar-refractivity contribution in [3.05, 3.63) is 0 Å². The number of hydrogen-bond donors (Lipinski definition) is 1. The molecule has 0 radical (unpaired) electrons. The highest BCUT2D eigenvalue weighted by Crippen LogP contribution is 2.26. The first-order chi connectivity index (χ1) is 8.45. The molecule has 1 amide bonds. The van der Waals surface area contributed by atoms with E-state index in [1.54, 1.807) is 0 Å². The molecular formula is C15H30N2O. The first-order valence-corrected chi connectivity index (χ1v) is 7.51. The largest absolute Gasteiger partial charge is 0.325 e. The van der Waals surface area contributed by atoms with Gasteiger partial charge in [-0.15, -0.1) is 0 Å². The van der Waals surface area contributed by atoms with E-state index in [4.69, 9.17) is 0 Å². The van der Waals surface area contributed by atoms with Gasteiger partial charge in [0.15, 0.2) is 0 Å². The summed E-state index contributed by atoms with van der Waals surface area (Å²) in [7, 11) is 0. The van der Waals surface area contributed by atoms with Gasteiger partial charge in [-0.1, -0.05) is 47.5 Å². The number of rotatable bonds is 7. The zero-order valence-electron chi connectivity index (χ0n) is 12.8. The van der Waals surface area contributed by atoms with Crippen molar-refractivity contribution in [2.75, 3.05) is 6.54 Å². The molecule has 3 nitrogen and oxygen atoms in total. The maximum Gasteiger partial charge on any atom is 0.241 e. The smallest absolute Gasteiger partial charge is 0.241 e. The van der Waals surface area contributed by atoms with Gasteiger partial charge in [-0.3, -0.25) is 10.1 Å². The molecule has 2 atom stereocenters. The molecule has 0 aliphatic carbocycles. The van der Waals surface area contributed by atoms with E-state index in [2.05, 4.69) is 44.8 Å². The summed E-state index contributed by atoms with van der Waals surface area (Å²) in [4.78, 5) is 14.5. The number of carbonyl (C=O) groups excluding carboxylic acids is 1. The van der Waals surface area contributed by atoms with Gasteiger partial charge in [-0.05, 0) is 24.7 Å². The van der Waals surface area contributed by atoms with Gasteiger partial charge in [-0.25, -0.2) is 0 Å².